The van der Waals surface area contributed by atoms with Crippen molar-refractivity contribution in [1.29, 1.82) is 0 Å². The summed E-state index contributed by atoms with van der Waals surface area (Å²) in [6.07, 6.45) is 1.59. The van der Waals surface area contributed by atoms with E-state index in [1.165, 1.54) is 11.3 Å². The van der Waals surface area contributed by atoms with Gasteiger partial charge in [-0.1, -0.05) is 11.8 Å². The SMILES string of the molecule is Cc1ncc(C(=O)Nc2ccc(C#CCN)cc2C)s1. The number of aromatic nitrogens is 1. The van der Waals surface area contributed by atoms with Gasteiger partial charge in [0, 0.05) is 11.3 Å². The van der Waals surface area contributed by atoms with Crippen LogP contribution < -0.4 is 11.1 Å². The summed E-state index contributed by atoms with van der Waals surface area (Å²) >= 11 is 1.38. The molecule has 2 aromatic rings. The van der Waals surface area contributed by atoms with Gasteiger partial charge in [-0.3, -0.25) is 4.79 Å². The number of nitrogens with two attached hydrogens (primary N) is 1. The van der Waals surface area contributed by atoms with E-state index in [9.17, 15) is 4.79 Å². The molecule has 1 aromatic carbocycles. The number of hydrogen-bond acceptors (Lipinski definition) is 4. The van der Waals surface area contributed by atoms with E-state index in [4.69, 9.17) is 5.73 Å². The van der Waals surface area contributed by atoms with Crippen LogP contribution in [0.2, 0.25) is 0 Å². The van der Waals surface area contributed by atoms with Gasteiger partial charge in [0.25, 0.3) is 5.91 Å². The first-order valence-electron chi connectivity index (χ1n) is 6.13. The molecule has 3 N–H and O–H groups in total. The molecule has 20 heavy (non-hydrogen) atoms. The van der Waals surface area contributed by atoms with Crippen LogP contribution in [0.25, 0.3) is 0 Å². The molecule has 0 radical (unpaired) electrons. The normalized spacial score (nSPS) is 9.75. The zero-order valence-electron chi connectivity index (χ0n) is 11.4. The van der Waals surface area contributed by atoms with Crippen molar-refractivity contribution >= 4 is 22.9 Å². The Kier molecular flexibility index (Phi) is 4.51. The number of carbonyl (C=O) groups is 1. The number of hydrogen-bond donors (Lipinski definition) is 2. The molecule has 0 aliphatic carbocycles. The predicted molar refractivity (Wildman–Crippen MR) is 81.9 cm³/mol. The summed E-state index contributed by atoms with van der Waals surface area (Å²) in [5.74, 6) is 5.63. The molecule has 0 aliphatic heterocycles. The molecule has 1 amide bonds. The van der Waals surface area contributed by atoms with Crippen molar-refractivity contribution in [2.75, 3.05) is 11.9 Å². The third-order valence-corrected chi connectivity index (χ3v) is 3.57. The fourth-order valence-electron chi connectivity index (χ4n) is 1.69. The zero-order valence-corrected chi connectivity index (χ0v) is 12.2. The van der Waals surface area contributed by atoms with Gasteiger partial charge in [-0.2, -0.15) is 0 Å². The fraction of sp³-hybridized carbons (Fsp3) is 0.200. The lowest BCUT2D eigenvalue weighted by Crippen LogP contribution is -2.11. The number of amides is 1. The van der Waals surface area contributed by atoms with E-state index in [0.29, 0.717) is 11.4 Å². The maximum absolute atomic E-state index is 12.1. The van der Waals surface area contributed by atoms with E-state index in [1.807, 2.05) is 32.0 Å². The molecule has 0 atom stereocenters. The lowest BCUT2D eigenvalue weighted by molar-refractivity contribution is 0.103. The van der Waals surface area contributed by atoms with Crippen LogP contribution in [0.3, 0.4) is 0 Å². The Bertz CT molecular complexity index is 695. The van der Waals surface area contributed by atoms with Gasteiger partial charge in [0.1, 0.15) is 4.88 Å². The van der Waals surface area contributed by atoms with Crippen LogP contribution in [-0.4, -0.2) is 17.4 Å². The minimum absolute atomic E-state index is 0.139. The Labute approximate surface area is 122 Å². The number of rotatable bonds is 2. The lowest BCUT2D eigenvalue weighted by Gasteiger charge is -2.07. The molecule has 1 heterocycles. The lowest BCUT2D eigenvalue weighted by atomic mass is 10.1. The maximum atomic E-state index is 12.1. The Balaban J connectivity index is 2.16. The standard InChI is InChI=1S/C15H15N3OS/c1-10-8-12(4-3-7-16)5-6-13(10)18-15(19)14-9-17-11(2)20-14/h5-6,8-9H,7,16H2,1-2H3,(H,18,19). The molecule has 0 saturated heterocycles. The third-order valence-electron chi connectivity index (χ3n) is 2.65. The van der Waals surface area contributed by atoms with Gasteiger partial charge in [-0.25, -0.2) is 4.98 Å². The van der Waals surface area contributed by atoms with Gasteiger partial charge in [0.05, 0.1) is 17.7 Å². The molecule has 5 heteroatoms. The van der Waals surface area contributed by atoms with Crippen molar-refractivity contribution in [3.8, 4) is 11.8 Å². The van der Waals surface area contributed by atoms with Crippen LogP contribution >= 0.6 is 11.3 Å². The van der Waals surface area contributed by atoms with Crippen molar-refractivity contribution in [2.24, 2.45) is 5.73 Å². The van der Waals surface area contributed by atoms with Crippen LogP contribution in [0.15, 0.2) is 24.4 Å². The van der Waals surface area contributed by atoms with Crippen molar-refractivity contribution in [3.63, 3.8) is 0 Å². The summed E-state index contributed by atoms with van der Waals surface area (Å²) in [6.45, 7) is 4.14. The first-order valence-corrected chi connectivity index (χ1v) is 6.95. The second kappa shape index (κ2) is 6.33. The van der Waals surface area contributed by atoms with Gasteiger partial charge in [0.2, 0.25) is 0 Å². The fourth-order valence-corrected chi connectivity index (χ4v) is 2.36. The summed E-state index contributed by atoms with van der Waals surface area (Å²) in [5, 5.41) is 3.76. The third kappa shape index (κ3) is 3.44. The first kappa shape index (κ1) is 14.3. The molecule has 102 valence electrons. The van der Waals surface area contributed by atoms with Gasteiger partial charge in [-0.05, 0) is 37.6 Å². The molecule has 4 nitrogen and oxygen atoms in total. The molecule has 0 spiro atoms. The summed E-state index contributed by atoms with van der Waals surface area (Å²) in [6, 6.07) is 5.64. The molecule has 0 aliphatic rings. The van der Waals surface area contributed by atoms with Gasteiger partial charge >= 0.3 is 0 Å². The van der Waals surface area contributed by atoms with Crippen molar-refractivity contribution < 1.29 is 4.79 Å². The van der Waals surface area contributed by atoms with Crippen molar-refractivity contribution in [3.05, 3.63) is 45.4 Å². The van der Waals surface area contributed by atoms with Crippen LogP contribution in [0, 0.1) is 25.7 Å². The summed E-state index contributed by atoms with van der Waals surface area (Å²) in [7, 11) is 0. The number of benzene rings is 1. The van der Waals surface area contributed by atoms with E-state index in [-0.39, 0.29) is 5.91 Å². The average Bonchev–Trinajstić information content (AvgIpc) is 2.86. The molecule has 0 saturated carbocycles. The first-order chi connectivity index (χ1) is 9.60. The largest absolute Gasteiger partial charge is 0.321 e. The summed E-state index contributed by atoms with van der Waals surface area (Å²) < 4.78 is 0. The summed E-state index contributed by atoms with van der Waals surface area (Å²) in [4.78, 5) is 16.7. The molecular formula is C15H15N3OS. The zero-order chi connectivity index (χ0) is 14.5. The van der Waals surface area contributed by atoms with Gasteiger partial charge in [-0.15, -0.1) is 11.3 Å². The Morgan fingerprint density at radius 3 is 2.85 bits per heavy atom. The Hall–Kier alpha value is -2.16. The number of nitrogens with zero attached hydrogens (tertiary/aromatic N) is 1. The topological polar surface area (TPSA) is 68.0 Å². The Morgan fingerprint density at radius 1 is 1.45 bits per heavy atom. The molecule has 0 unspecified atom stereocenters. The maximum Gasteiger partial charge on any atom is 0.267 e. The monoisotopic (exact) mass is 285 g/mol. The van der Waals surface area contributed by atoms with E-state index in [2.05, 4.69) is 22.1 Å². The molecule has 0 bridgehead atoms. The molecule has 0 fully saturated rings. The van der Waals surface area contributed by atoms with E-state index in [0.717, 1.165) is 21.8 Å². The highest BCUT2D eigenvalue weighted by Crippen LogP contribution is 2.19. The molecule has 1 aromatic heterocycles. The quantitative estimate of drug-likeness (QED) is 0.832. The number of carbonyl (C=O) groups excluding carboxylic acids is 1. The van der Waals surface area contributed by atoms with Crippen molar-refractivity contribution in [1.82, 2.24) is 4.98 Å². The second-order valence-electron chi connectivity index (χ2n) is 4.23. The number of aryl methyl sites for hydroxylation is 2. The minimum Gasteiger partial charge on any atom is -0.321 e. The molecule has 2 rings (SSSR count). The number of anilines is 1. The van der Waals surface area contributed by atoms with Gasteiger partial charge in [0.15, 0.2) is 0 Å². The van der Waals surface area contributed by atoms with Gasteiger partial charge < -0.3 is 11.1 Å². The summed E-state index contributed by atoms with van der Waals surface area (Å²) in [5.41, 5.74) is 7.97. The minimum atomic E-state index is -0.139. The number of thiazole rings is 1. The average molecular weight is 285 g/mol. The van der Waals surface area contributed by atoms with Crippen molar-refractivity contribution in [2.45, 2.75) is 13.8 Å². The smallest absolute Gasteiger partial charge is 0.267 e. The van der Waals surface area contributed by atoms with Crippen LogP contribution in [0.1, 0.15) is 25.8 Å². The van der Waals surface area contributed by atoms with Crippen LogP contribution in [-0.2, 0) is 0 Å². The van der Waals surface area contributed by atoms with Crippen LogP contribution in [0.5, 0.6) is 0 Å². The van der Waals surface area contributed by atoms with E-state index >= 15 is 0 Å². The number of nitrogens with one attached hydrogen (secondary N) is 1. The van der Waals surface area contributed by atoms with Crippen LogP contribution in [0.4, 0.5) is 5.69 Å². The van der Waals surface area contributed by atoms with E-state index < -0.39 is 0 Å². The Morgan fingerprint density at radius 2 is 2.25 bits per heavy atom. The second-order valence-corrected chi connectivity index (χ2v) is 5.47. The predicted octanol–water partition coefficient (Wildman–Crippen LogP) is 2.32. The highest BCUT2D eigenvalue weighted by atomic mass is 32.1. The highest BCUT2D eigenvalue weighted by Gasteiger charge is 2.10. The molecular weight excluding hydrogens is 270 g/mol. The highest BCUT2D eigenvalue weighted by molar-refractivity contribution is 7.13. The van der Waals surface area contributed by atoms with E-state index in [1.54, 1.807) is 6.20 Å².